The van der Waals surface area contributed by atoms with Gasteiger partial charge in [-0.1, -0.05) is 6.07 Å². The number of likely N-dealkylation sites (N-methyl/N-ethyl adjacent to an activating group) is 1. The van der Waals surface area contributed by atoms with Crippen LogP contribution < -0.4 is 5.73 Å². The Morgan fingerprint density at radius 1 is 1.44 bits per heavy atom. The molecule has 0 radical (unpaired) electrons. The fourth-order valence-electron chi connectivity index (χ4n) is 1.98. The Balaban J connectivity index is 2.81. The second-order valence-electron chi connectivity index (χ2n) is 4.58. The van der Waals surface area contributed by atoms with E-state index in [-0.39, 0.29) is 11.8 Å². The fraction of sp³-hybridized carbons (Fsp3) is 0.615. The minimum atomic E-state index is -0.390. The minimum Gasteiger partial charge on any atom is -0.354 e. The fourth-order valence-corrected chi connectivity index (χ4v) is 1.98. The van der Waals surface area contributed by atoms with Gasteiger partial charge in [0, 0.05) is 39.7 Å². The molecular weight excluding hydrogens is 230 g/mol. The molecule has 1 aromatic rings. The van der Waals surface area contributed by atoms with Crippen LogP contribution in [-0.2, 0) is 16.0 Å². The molecule has 1 rings (SSSR count). The van der Waals surface area contributed by atoms with Crippen LogP contribution in [-0.4, -0.2) is 49.5 Å². The molecule has 1 unspecified atom stereocenters. The van der Waals surface area contributed by atoms with Crippen molar-refractivity contribution in [2.75, 3.05) is 27.8 Å². The first-order chi connectivity index (χ1) is 8.58. The number of rotatable bonds is 7. The van der Waals surface area contributed by atoms with E-state index in [0.29, 0.717) is 6.54 Å². The Labute approximate surface area is 109 Å². The first-order valence-corrected chi connectivity index (χ1v) is 5.94. The van der Waals surface area contributed by atoms with Crippen molar-refractivity contribution in [1.82, 2.24) is 9.88 Å². The van der Waals surface area contributed by atoms with Gasteiger partial charge in [0.15, 0.2) is 6.29 Å². The van der Waals surface area contributed by atoms with Crippen LogP contribution in [0.5, 0.6) is 0 Å². The summed E-state index contributed by atoms with van der Waals surface area (Å²) in [5.41, 5.74) is 6.64. The lowest BCUT2D eigenvalue weighted by Crippen LogP contribution is -2.58. The Kier molecular flexibility index (Phi) is 5.68. The highest BCUT2D eigenvalue weighted by molar-refractivity contribution is 5.09. The minimum absolute atomic E-state index is 0.371. The van der Waals surface area contributed by atoms with Crippen molar-refractivity contribution in [3.05, 3.63) is 30.1 Å². The van der Waals surface area contributed by atoms with Crippen LogP contribution in [0.15, 0.2) is 24.5 Å². The maximum Gasteiger partial charge on any atom is 0.176 e. The van der Waals surface area contributed by atoms with Gasteiger partial charge in [-0.15, -0.1) is 0 Å². The zero-order valence-corrected chi connectivity index (χ0v) is 11.6. The lowest BCUT2D eigenvalue weighted by molar-refractivity contribution is -0.178. The molecule has 0 bridgehead atoms. The lowest BCUT2D eigenvalue weighted by Gasteiger charge is -2.42. The Hall–Kier alpha value is -1.01. The molecule has 1 heterocycles. The highest BCUT2D eigenvalue weighted by atomic mass is 16.7. The van der Waals surface area contributed by atoms with E-state index in [1.54, 1.807) is 20.4 Å². The van der Waals surface area contributed by atoms with Crippen molar-refractivity contribution >= 4 is 0 Å². The van der Waals surface area contributed by atoms with E-state index in [2.05, 4.69) is 9.88 Å². The molecule has 0 aliphatic rings. The number of hydrogen-bond acceptors (Lipinski definition) is 5. The van der Waals surface area contributed by atoms with E-state index in [1.807, 2.05) is 32.3 Å². The number of methoxy groups -OCH3 is 2. The Morgan fingerprint density at radius 3 is 2.56 bits per heavy atom. The van der Waals surface area contributed by atoms with E-state index in [9.17, 15) is 0 Å². The van der Waals surface area contributed by atoms with Crippen molar-refractivity contribution in [2.24, 2.45) is 5.73 Å². The van der Waals surface area contributed by atoms with Crippen LogP contribution in [0.25, 0.3) is 0 Å². The molecule has 0 aliphatic heterocycles. The van der Waals surface area contributed by atoms with Crippen molar-refractivity contribution in [2.45, 2.75) is 25.3 Å². The molecule has 1 atom stereocenters. The quantitative estimate of drug-likeness (QED) is 0.730. The zero-order chi connectivity index (χ0) is 13.6. The lowest BCUT2D eigenvalue weighted by atomic mass is 9.99. The third kappa shape index (κ3) is 3.26. The summed E-state index contributed by atoms with van der Waals surface area (Å²) in [6.45, 7) is 3.21. The summed E-state index contributed by atoms with van der Waals surface area (Å²) in [6, 6.07) is 3.96. The summed E-state index contributed by atoms with van der Waals surface area (Å²) in [4.78, 5) is 6.24. The summed E-state index contributed by atoms with van der Waals surface area (Å²) in [5.74, 6) is 0. The number of hydrogen-bond donors (Lipinski definition) is 1. The predicted octanol–water partition coefficient (Wildman–Crippen LogP) is 0.850. The molecule has 0 amide bonds. The molecule has 0 spiro atoms. The Bertz CT molecular complexity index is 343. The number of nitrogens with two attached hydrogens (primary N) is 1. The van der Waals surface area contributed by atoms with Crippen molar-refractivity contribution in [1.29, 1.82) is 0 Å². The van der Waals surface area contributed by atoms with Gasteiger partial charge < -0.3 is 15.2 Å². The molecule has 0 aromatic carbocycles. The summed E-state index contributed by atoms with van der Waals surface area (Å²) in [7, 11) is 5.25. The monoisotopic (exact) mass is 253 g/mol. The van der Waals surface area contributed by atoms with Gasteiger partial charge in [0.05, 0.1) is 5.54 Å². The van der Waals surface area contributed by atoms with E-state index in [1.165, 1.54) is 0 Å². The van der Waals surface area contributed by atoms with Crippen molar-refractivity contribution in [3.63, 3.8) is 0 Å². The van der Waals surface area contributed by atoms with Crippen LogP contribution in [0.1, 0.15) is 12.5 Å². The number of pyridine rings is 1. The van der Waals surface area contributed by atoms with E-state index < -0.39 is 0 Å². The predicted molar refractivity (Wildman–Crippen MR) is 71.0 cm³/mol. The van der Waals surface area contributed by atoms with Crippen LogP contribution in [0, 0.1) is 0 Å². The van der Waals surface area contributed by atoms with Gasteiger partial charge in [-0.05, 0) is 25.6 Å². The van der Waals surface area contributed by atoms with E-state index in [4.69, 9.17) is 15.2 Å². The molecular formula is C13H23N3O2. The average Bonchev–Trinajstić information content (AvgIpc) is 2.40. The molecule has 0 fully saturated rings. The molecule has 0 aliphatic carbocycles. The van der Waals surface area contributed by atoms with Gasteiger partial charge in [-0.2, -0.15) is 0 Å². The molecule has 0 saturated carbocycles. The van der Waals surface area contributed by atoms with Gasteiger partial charge in [-0.3, -0.25) is 9.88 Å². The maximum atomic E-state index is 5.90. The van der Waals surface area contributed by atoms with Gasteiger partial charge in [0.25, 0.3) is 0 Å². The van der Waals surface area contributed by atoms with Crippen LogP contribution in [0.2, 0.25) is 0 Å². The normalized spacial score (nSPS) is 15.1. The number of nitrogens with zero attached hydrogens (tertiary/aromatic N) is 2. The highest BCUT2D eigenvalue weighted by Gasteiger charge is 2.37. The zero-order valence-electron chi connectivity index (χ0n) is 11.6. The first-order valence-electron chi connectivity index (χ1n) is 5.94. The largest absolute Gasteiger partial charge is 0.354 e. The van der Waals surface area contributed by atoms with Crippen LogP contribution in [0.4, 0.5) is 0 Å². The van der Waals surface area contributed by atoms with Crippen molar-refractivity contribution < 1.29 is 9.47 Å². The first kappa shape index (κ1) is 15.0. The van der Waals surface area contributed by atoms with Gasteiger partial charge in [0.1, 0.15) is 0 Å². The molecule has 102 valence electrons. The second kappa shape index (κ2) is 6.80. The maximum absolute atomic E-state index is 5.90. The van der Waals surface area contributed by atoms with Crippen LogP contribution >= 0.6 is 0 Å². The number of aromatic nitrogens is 1. The van der Waals surface area contributed by atoms with Crippen LogP contribution in [0.3, 0.4) is 0 Å². The molecule has 2 N–H and O–H groups in total. The smallest absolute Gasteiger partial charge is 0.176 e. The third-order valence-corrected chi connectivity index (χ3v) is 3.36. The summed E-state index contributed by atoms with van der Waals surface area (Å²) < 4.78 is 10.7. The third-order valence-electron chi connectivity index (χ3n) is 3.36. The van der Waals surface area contributed by atoms with Gasteiger partial charge >= 0.3 is 0 Å². The van der Waals surface area contributed by atoms with Gasteiger partial charge in [0.2, 0.25) is 0 Å². The SMILES string of the molecule is COC(OC)C(C)(CN)N(C)Cc1cccnc1. The average molecular weight is 253 g/mol. The summed E-state index contributed by atoms with van der Waals surface area (Å²) >= 11 is 0. The van der Waals surface area contributed by atoms with Crippen molar-refractivity contribution in [3.8, 4) is 0 Å². The molecule has 1 aromatic heterocycles. The van der Waals surface area contributed by atoms with Gasteiger partial charge in [-0.25, -0.2) is 0 Å². The highest BCUT2D eigenvalue weighted by Crippen LogP contribution is 2.22. The molecule has 5 nitrogen and oxygen atoms in total. The molecule has 0 saturated heterocycles. The topological polar surface area (TPSA) is 60.6 Å². The standard InChI is InChI=1S/C13H23N3O2/c1-13(10-14,12(17-3)18-4)16(2)9-11-6-5-7-15-8-11/h5-8,12H,9-10,14H2,1-4H3. The molecule has 18 heavy (non-hydrogen) atoms. The van der Waals surface area contributed by atoms with E-state index >= 15 is 0 Å². The summed E-state index contributed by atoms with van der Waals surface area (Å²) in [5, 5.41) is 0. The second-order valence-corrected chi connectivity index (χ2v) is 4.58. The summed E-state index contributed by atoms with van der Waals surface area (Å²) in [6.07, 6.45) is 3.24. The van der Waals surface area contributed by atoms with E-state index in [0.717, 1.165) is 12.1 Å². The molecule has 5 heteroatoms. The number of ether oxygens (including phenoxy) is 2. The Morgan fingerprint density at radius 2 is 2.11 bits per heavy atom.